The number of hydrogen-bond donors (Lipinski definition) is 1. The lowest BCUT2D eigenvalue weighted by molar-refractivity contribution is 0.362. The molecule has 0 unspecified atom stereocenters. The van der Waals surface area contributed by atoms with E-state index in [2.05, 4.69) is 28.5 Å². The maximum Gasteiger partial charge on any atom is 0.155 e. The summed E-state index contributed by atoms with van der Waals surface area (Å²) in [5.41, 5.74) is 3.44. The SMILES string of the molecule is Cc1cc2ncc(CNC3(C)CCCC3)cn2n1. The van der Waals surface area contributed by atoms with E-state index in [1.165, 1.54) is 31.2 Å². The molecular formula is C14H20N4. The predicted molar refractivity (Wildman–Crippen MR) is 71.4 cm³/mol. The molecule has 3 rings (SSSR count). The summed E-state index contributed by atoms with van der Waals surface area (Å²) in [5.74, 6) is 0. The van der Waals surface area contributed by atoms with Gasteiger partial charge in [-0.2, -0.15) is 5.10 Å². The van der Waals surface area contributed by atoms with Crippen LogP contribution in [0.1, 0.15) is 43.9 Å². The van der Waals surface area contributed by atoms with E-state index in [9.17, 15) is 0 Å². The fourth-order valence-corrected chi connectivity index (χ4v) is 2.77. The van der Waals surface area contributed by atoms with Gasteiger partial charge in [0.2, 0.25) is 0 Å². The molecule has 0 spiro atoms. The lowest BCUT2D eigenvalue weighted by Crippen LogP contribution is -2.38. The Balaban J connectivity index is 1.74. The van der Waals surface area contributed by atoms with Gasteiger partial charge < -0.3 is 5.32 Å². The molecule has 1 aliphatic carbocycles. The van der Waals surface area contributed by atoms with Crippen molar-refractivity contribution < 1.29 is 0 Å². The summed E-state index contributed by atoms with van der Waals surface area (Å²) < 4.78 is 1.86. The van der Waals surface area contributed by atoms with E-state index in [0.29, 0.717) is 5.54 Å². The lowest BCUT2D eigenvalue weighted by atomic mass is 10.0. The number of rotatable bonds is 3. The Hall–Kier alpha value is -1.42. The van der Waals surface area contributed by atoms with Crippen LogP contribution in [0.5, 0.6) is 0 Å². The highest BCUT2D eigenvalue weighted by Gasteiger charge is 2.27. The number of hydrogen-bond acceptors (Lipinski definition) is 3. The smallest absolute Gasteiger partial charge is 0.155 e. The van der Waals surface area contributed by atoms with Gasteiger partial charge in [-0.05, 0) is 26.7 Å². The molecule has 2 aromatic rings. The number of aryl methyl sites for hydroxylation is 1. The molecule has 1 fully saturated rings. The van der Waals surface area contributed by atoms with Crippen LogP contribution < -0.4 is 5.32 Å². The van der Waals surface area contributed by atoms with Crippen LogP contribution in [0.25, 0.3) is 5.65 Å². The number of nitrogens with one attached hydrogen (secondary N) is 1. The monoisotopic (exact) mass is 244 g/mol. The third-order valence-electron chi connectivity index (χ3n) is 3.92. The topological polar surface area (TPSA) is 42.2 Å². The minimum atomic E-state index is 0.314. The zero-order chi connectivity index (χ0) is 12.6. The zero-order valence-corrected chi connectivity index (χ0v) is 11.1. The first-order chi connectivity index (χ1) is 8.65. The van der Waals surface area contributed by atoms with Gasteiger partial charge in [-0.25, -0.2) is 9.50 Å². The van der Waals surface area contributed by atoms with Crippen molar-refractivity contribution in [1.82, 2.24) is 19.9 Å². The Bertz CT molecular complexity index is 552. The van der Waals surface area contributed by atoms with Crippen LogP contribution in [-0.4, -0.2) is 20.1 Å². The second kappa shape index (κ2) is 4.35. The zero-order valence-electron chi connectivity index (χ0n) is 11.1. The first-order valence-electron chi connectivity index (χ1n) is 6.71. The molecule has 4 nitrogen and oxygen atoms in total. The van der Waals surface area contributed by atoms with E-state index >= 15 is 0 Å². The normalized spacial score (nSPS) is 18.6. The molecule has 2 aromatic heterocycles. The van der Waals surface area contributed by atoms with Crippen LogP contribution >= 0.6 is 0 Å². The number of nitrogens with zero attached hydrogens (tertiary/aromatic N) is 3. The standard InChI is InChI=1S/C14H20N4/c1-11-7-13-15-8-12(10-18(13)17-11)9-16-14(2)5-3-4-6-14/h7-8,10,16H,3-6,9H2,1-2H3. The van der Waals surface area contributed by atoms with Crippen molar-refractivity contribution in [1.29, 1.82) is 0 Å². The lowest BCUT2D eigenvalue weighted by Gasteiger charge is -2.25. The molecule has 1 aliphatic rings. The molecule has 2 heterocycles. The van der Waals surface area contributed by atoms with Crippen molar-refractivity contribution in [2.75, 3.05) is 0 Å². The van der Waals surface area contributed by atoms with Gasteiger partial charge in [0, 0.05) is 36.1 Å². The molecule has 0 amide bonds. The van der Waals surface area contributed by atoms with E-state index in [1.807, 2.05) is 23.7 Å². The quantitative estimate of drug-likeness (QED) is 0.902. The molecule has 4 heteroatoms. The van der Waals surface area contributed by atoms with Gasteiger partial charge in [0.25, 0.3) is 0 Å². The molecule has 1 saturated carbocycles. The third kappa shape index (κ3) is 2.25. The maximum absolute atomic E-state index is 4.43. The summed E-state index contributed by atoms with van der Waals surface area (Å²) in [4.78, 5) is 4.43. The maximum atomic E-state index is 4.43. The largest absolute Gasteiger partial charge is 0.307 e. The van der Waals surface area contributed by atoms with E-state index < -0.39 is 0 Å². The highest BCUT2D eigenvalue weighted by atomic mass is 15.2. The summed E-state index contributed by atoms with van der Waals surface area (Å²) in [6.45, 7) is 5.19. The van der Waals surface area contributed by atoms with Gasteiger partial charge in [0.15, 0.2) is 5.65 Å². The van der Waals surface area contributed by atoms with Crippen LogP contribution in [0.3, 0.4) is 0 Å². The van der Waals surface area contributed by atoms with Crippen molar-refractivity contribution in [3.8, 4) is 0 Å². The average Bonchev–Trinajstić information content (AvgIpc) is 2.92. The first-order valence-corrected chi connectivity index (χ1v) is 6.71. The summed E-state index contributed by atoms with van der Waals surface area (Å²) >= 11 is 0. The van der Waals surface area contributed by atoms with E-state index in [4.69, 9.17) is 0 Å². The van der Waals surface area contributed by atoms with Crippen molar-refractivity contribution in [3.63, 3.8) is 0 Å². The molecule has 1 N–H and O–H groups in total. The fraction of sp³-hybridized carbons (Fsp3) is 0.571. The second-order valence-electron chi connectivity index (χ2n) is 5.67. The average molecular weight is 244 g/mol. The Labute approximate surface area is 107 Å². The van der Waals surface area contributed by atoms with E-state index in [0.717, 1.165) is 17.9 Å². The molecule has 0 saturated heterocycles. The van der Waals surface area contributed by atoms with Gasteiger partial charge >= 0.3 is 0 Å². The van der Waals surface area contributed by atoms with Crippen LogP contribution in [0.2, 0.25) is 0 Å². The molecule has 0 bridgehead atoms. The fourth-order valence-electron chi connectivity index (χ4n) is 2.77. The van der Waals surface area contributed by atoms with E-state index in [1.54, 1.807) is 0 Å². The minimum absolute atomic E-state index is 0.314. The Morgan fingerprint density at radius 1 is 1.39 bits per heavy atom. The number of aromatic nitrogens is 3. The summed E-state index contributed by atoms with van der Waals surface area (Å²) in [6, 6.07) is 2.00. The first kappa shape index (κ1) is 11.7. The van der Waals surface area contributed by atoms with Crippen molar-refractivity contribution >= 4 is 5.65 Å². The molecule has 0 aromatic carbocycles. The molecule has 0 atom stereocenters. The van der Waals surface area contributed by atoms with Gasteiger partial charge in [-0.1, -0.05) is 12.8 Å². The summed E-state index contributed by atoms with van der Waals surface area (Å²) in [7, 11) is 0. The minimum Gasteiger partial charge on any atom is -0.307 e. The van der Waals surface area contributed by atoms with Gasteiger partial charge in [-0.15, -0.1) is 0 Å². The van der Waals surface area contributed by atoms with Crippen molar-refractivity contribution in [2.24, 2.45) is 0 Å². The van der Waals surface area contributed by atoms with E-state index in [-0.39, 0.29) is 0 Å². The molecular weight excluding hydrogens is 224 g/mol. The molecule has 96 valence electrons. The van der Waals surface area contributed by atoms with Crippen LogP contribution in [0, 0.1) is 6.92 Å². The predicted octanol–water partition coefficient (Wildman–Crippen LogP) is 2.46. The second-order valence-corrected chi connectivity index (χ2v) is 5.67. The van der Waals surface area contributed by atoms with Gasteiger partial charge in [-0.3, -0.25) is 0 Å². The van der Waals surface area contributed by atoms with Crippen LogP contribution in [-0.2, 0) is 6.54 Å². The van der Waals surface area contributed by atoms with Gasteiger partial charge in [0.1, 0.15) is 0 Å². The molecule has 18 heavy (non-hydrogen) atoms. The van der Waals surface area contributed by atoms with Crippen molar-refractivity contribution in [3.05, 3.63) is 29.7 Å². The highest BCUT2D eigenvalue weighted by molar-refractivity contribution is 5.38. The molecule has 0 radical (unpaired) electrons. The Kier molecular flexibility index (Phi) is 2.82. The van der Waals surface area contributed by atoms with Crippen molar-refractivity contribution in [2.45, 2.75) is 51.6 Å². The van der Waals surface area contributed by atoms with Gasteiger partial charge in [0.05, 0.1) is 5.69 Å². The van der Waals surface area contributed by atoms with Crippen LogP contribution in [0.15, 0.2) is 18.5 Å². The van der Waals surface area contributed by atoms with Crippen LogP contribution in [0.4, 0.5) is 0 Å². The molecule has 0 aliphatic heterocycles. The third-order valence-corrected chi connectivity index (χ3v) is 3.92. The Morgan fingerprint density at radius 3 is 2.94 bits per heavy atom. The Morgan fingerprint density at radius 2 is 2.17 bits per heavy atom. The summed E-state index contributed by atoms with van der Waals surface area (Å²) in [6.07, 6.45) is 9.27. The highest BCUT2D eigenvalue weighted by Crippen LogP contribution is 2.29. The summed E-state index contributed by atoms with van der Waals surface area (Å²) in [5, 5.41) is 8.06. The number of fused-ring (bicyclic) bond motifs is 1.